The molecule has 0 aliphatic carbocycles. The molecule has 0 bridgehead atoms. The van der Waals surface area contributed by atoms with Crippen LogP contribution in [0.4, 0.5) is 24.5 Å². The molecule has 1 aromatic heterocycles. The zero-order valence-electron chi connectivity index (χ0n) is 13.3. The minimum Gasteiger partial charge on any atom is -0.376 e. The Morgan fingerprint density at radius 1 is 1.32 bits per heavy atom. The summed E-state index contributed by atoms with van der Waals surface area (Å²) in [7, 11) is 3.35. The van der Waals surface area contributed by atoms with Gasteiger partial charge in [-0.05, 0) is 18.2 Å². The number of alkyl halides is 3. The second kappa shape index (κ2) is 9.23. The Balaban J connectivity index is 0.00000288. The van der Waals surface area contributed by atoms with E-state index in [0.29, 0.717) is 10.7 Å². The topological polar surface area (TPSA) is 71.2 Å². The highest BCUT2D eigenvalue weighted by molar-refractivity contribution is 7.09. The number of halogens is 5. The number of carbonyl (C=O) groups is 1. The van der Waals surface area contributed by atoms with Gasteiger partial charge in [-0.25, -0.2) is 4.98 Å². The fourth-order valence-electron chi connectivity index (χ4n) is 1.90. The van der Waals surface area contributed by atoms with Crippen LogP contribution in [-0.2, 0) is 12.7 Å². The molecule has 0 saturated heterocycles. The van der Waals surface area contributed by atoms with Crippen LogP contribution in [0.5, 0.6) is 0 Å². The Labute approximate surface area is 159 Å². The van der Waals surface area contributed by atoms with Crippen molar-refractivity contribution in [2.75, 3.05) is 24.3 Å². The highest BCUT2D eigenvalue weighted by Gasteiger charge is 2.31. The molecule has 25 heavy (non-hydrogen) atoms. The number of nitrogens with one attached hydrogen (secondary N) is 1. The van der Waals surface area contributed by atoms with Gasteiger partial charge in [0.15, 0.2) is 0 Å². The average Bonchev–Trinajstić information content (AvgIpc) is 2.95. The number of carbonyl (C=O) groups excluding carboxylic acids is 1. The molecule has 140 valence electrons. The molecule has 1 heterocycles. The lowest BCUT2D eigenvalue weighted by Gasteiger charge is -2.19. The van der Waals surface area contributed by atoms with Crippen LogP contribution < -0.4 is 16.0 Å². The molecule has 0 spiro atoms. The van der Waals surface area contributed by atoms with E-state index < -0.39 is 17.6 Å². The molecule has 0 radical (unpaired) electrons. The molecular weight excluding hydrogens is 400 g/mol. The molecule has 1 aromatic carbocycles. The lowest BCUT2D eigenvalue weighted by Crippen LogP contribution is -2.18. The number of nitrogens with two attached hydrogens (primary N) is 1. The van der Waals surface area contributed by atoms with Crippen molar-refractivity contribution >= 4 is 53.4 Å². The number of hydrogen-bond donors (Lipinski definition) is 2. The largest absolute Gasteiger partial charge is 0.416 e. The summed E-state index contributed by atoms with van der Waals surface area (Å²) in [6.45, 7) is 0.199. The summed E-state index contributed by atoms with van der Waals surface area (Å²) < 4.78 is 38.6. The first kappa shape index (κ1) is 23.4. The maximum absolute atomic E-state index is 12.9. The first-order valence-electron chi connectivity index (χ1n) is 6.56. The Bertz CT molecular complexity index is 722. The molecule has 0 saturated carbocycles. The van der Waals surface area contributed by atoms with Crippen LogP contribution in [-0.4, -0.2) is 25.0 Å². The van der Waals surface area contributed by atoms with Gasteiger partial charge in [0.2, 0.25) is 0 Å². The van der Waals surface area contributed by atoms with Crippen molar-refractivity contribution in [2.24, 2.45) is 5.73 Å². The van der Waals surface area contributed by atoms with Gasteiger partial charge in [0, 0.05) is 26.0 Å². The summed E-state index contributed by atoms with van der Waals surface area (Å²) in [5.41, 5.74) is 5.25. The second-order valence-electron chi connectivity index (χ2n) is 4.91. The number of amides is 1. The smallest absolute Gasteiger partial charge is 0.376 e. The number of thiazole rings is 1. The van der Waals surface area contributed by atoms with Crippen LogP contribution in [0.15, 0.2) is 23.6 Å². The second-order valence-corrected chi connectivity index (χ2v) is 5.85. The minimum absolute atomic E-state index is 0. The molecule has 5 nitrogen and oxygen atoms in total. The fourth-order valence-corrected chi connectivity index (χ4v) is 2.55. The lowest BCUT2D eigenvalue weighted by atomic mass is 10.1. The van der Waals surface area contributed by atoms with E-state index in [1.165, 1.54) is 22.8 Å². The highest BCUT2D eigenvalue weighted by atomic mass is 35.5. The van der Waals surface area contributed by atoms with Gasteiger partial charge < -0.3 is 16.0 Å². The van der Waals surface area contributed by atoms with Crippen molar-refractivity contribution in [1.29, 1.82) is 0 Å². The standard InChI is InChI=1S/C14H15F3N4OS.2ClH/c1-21(2)11-4-3-8(14(15,16)17)5-9(11)20-13(22)10-7-23-12(6-18)19-10;;/h3-5,7H,6,18H2,1-2H3,(H,20,22);2*1H. The number of rotatable bonds is 4. The highest BCUT2D eigenvalue weighted by Crippen LogP contribution is 2.35. The summed E-state index contributed by atoms with van der Waals surface area (Å²) in [6.07, 6.45) is -4.49. The van der Waals surface area contributed by atoms with Gasteiger partial charge in [-0.3, -0.25) is 4.79 Å². The SMILES string of the molecule is CN(C)c1ccc(C(F)(F)F)cc1NC(=O)c1csc(CN)n1.Cl.Cl. The number of aromatic nitrogens is 1. The molecular formula is C14H17Cl2F3N4OS. The number of hydrogen-bond acceptors (Lipinski definition) is 5. The van der Waals surface area contributed by atoms with Gasteiger partial charge in [-0.15, -0.1) is 36.2 Å². The molecule has 2 aromatic rings. The zero-order valence-corrected chi connectivity index (χ0v) is 15.7. The van der Waals surface area contributed by atoms with Crippen LogP contribution in [0.25, 0.3) is 0 Å². The summed E-state index contributed by atoms with van der Waals surface area (Å²) in [5, 5.41) is 4.57. The van der Waals surface area contributed by atoms with E-state index in [1.807, 2.05) is 0 Å². The van der Waals surface area contributed by atoms with Crippen molar-refractivity contribution in [3.8, 4) is 0 Å². The molecule has 2 rings (SSSR count). The van der Waals surface area contributed by atoms with Gasteiger partial charge >= 0.3 is 6.18 Å². The van der Waals surface area contributed by atoms with E-state index in [9.17, 15) is 18.0 Å². The first-order chi connectivity index (χ1) is 10.7. The van der Waals surface area contributed by atoms with Crippen LogP contribution in [0, 0.1) is 0 Å². The zero-order chi connectivity index (χ0) is 17.2. The quantitative estimate of drug-likeness (QED) is 0.795. The van der Waals surface area contributed by atoms with Gasteiger partial charge in [0.1, 0.15) is 10.7 Å². The molecule has 0 aliphatic heterocycles. The van der Waals surface area contributed by atoms with Crippen molar-refractivity contribution in [1.82, 2.24) is 4.98 Å². The third-order valence-electron chi connectivity index (χ3n) is 3.01. The lowest BCUT2D eigenvalue weighted by molar-refractivity contribution is -0.137. The van der Waals surface area contributed by atoms with Crippen LogP contribution in [0.1, 0.15) is 21.1 Å². The maximum Gasteiger partial charge on any atom is 0.416 e. The first-order valence-corrected chi connectivity index (χ1v) is 7.44. The van der Waals surface area contributed by atoms with Crippen LogP contribution >= 0.6 is 36.2 Å². The van der Waals surface area contributed by atoms with E-state index in [4.69, 9.17) is 5.73 Å². The average molecular weight is 417 g/mol. The summed E-state index contributed by atoms with van der Waals surface area (Å²) >= 11 is 1.22. The third kappa shape index (κ3) is 5.74. The van der Waals surface area contributed by atoms with Gasteiger partial charge in [-0.1, -0.05) is 0 Å². The summed E-state index contributed by atoms with van der Waals surface area (Å²) in [5.74, 6) is -0.580. The van der Waals surface area contributed by atoms with E-state index in [2.05, 4.69) is 10.3 Å². The summed E-state index contributed by atoms with van der Waals surface area (Å²) in [4.78, 5) is 17.8. The third-order valence-corrected chi connectivity index (χ3v) is 3.88. The normalized spacial score (nSPS) is 10.5. The predicted octanol–water partition coefficient (Wildman–Crippen LogP) is 3.78. The van der Waals surface area contributed by atoms with Crippen LogP contribution in [0.3, 0.4) is 0 Å². The van der Waals surface area contributed by atoms with Gasteiger partial charge in [-0.2, -0.15) is 13.2 Å². The monoisotopic (exact) mass is 416 g/mol. The molecule has 11 heteroatoms. The maximum atomic E-state index is 12.9. The van der Waals surface area contributed by atoms with E-state index in [1.54, 1.807) is 19.0 Å². The molecule has 0 aliphatic rings. The Hall–Kier alpha value is -1.55. The number of anilines is 2. The number of benzene rings is 1. The summed E-state index contributed by atoms with van der Waals surface area (Å²) in [6, 6.07) is 3.19. The van der Waals surface area contributed by atoms with E-state index in [0.717, 1.165) is 12.1 Å². The predicted molar refractivity (Wildman–Crippen MR) is 98.2 cm³/mol. The fraction of sp³-hybridized carbons (Fsp3) is 0.286. The molecule has 0 fully saturated rings. The van der Waals surface area contributed by atoms with Gasteiger partial charge in [0.05, 0.1) is 16.9 Å². The van der Waals surface area contributed by atoms with Crippen molar-refractivity contribution in [2.45, 2.75) is 12.7 Å². The Kier molecular flexibility index (Phi) is 8.66. The van der Waals surface area contributed by atoms with Crippen LogP contribution in [0.2, 0.25) is 0 Å². The van der Waals surface area contributed by atoms with Crippen molar-refractivity contribution < 1.29 is 18.0 Å². The molecule has 3 N–H and O–H groups in total. The Morgan fingerprint density at radius 2 is 1.96 bits per heavy atom. The van der Waals surface area contributed by atoms with E-state index in [-0.39, 0.29) is 42.7 Å². The van der Waals surface area contributed by atoms with E-state index >= 15 is 0 Å². The number of nitrogens with zero attached hydrogens (tertiary/aromatic N) is 2. The molecule has 0 atom stereocenters. The van der Waals surface area contributed by atoms with Crippen molar-refractivity contribution in [3.05, 3.63) is 39.8 Å². The Morgan fingerprint density at radius 3 is 2.44 bits per heavy atom. The van der Waals surface area contributed by atoms with Crippen molar-refractivity contribution in [3.63, 3.8) is 0 Å². The minimum atomic E-state index is -4.49. The molecule has 1 amide bonds. The molecule has 0 unspecified atom stereocenters. The van der Waals surface area contributed by atoms with Gasteiger partial charge in [0.25, 0.3) is 5.91 Å².